The van der Waals surface area contributed by atoms with Crippen LogP contribution in [0.1, 0.15) is 24.1 Å². The monoisotopic (exact) mass is 450 g/mol. The molecule has 12 heteroatoms. The molecule has 0 atom stereocenters. The van der Waals surface area contributed by atoms with Gasteiger partial charge in [0.1, 0.15) is 17.2 Å². The van der Waals surface area contributed by atoms with E-state index >= 15 is 0 Å². The van der Waals surface area contributed by atoms with E-state index in [2.05, 4.69) is 35.3 Å². The first kappa shape index (κ1) is 20.5. The highest BCUT2D eigenvalue weighted by Gasteiger charge is 2.21. The molecule has 170 valence electrons. The molecule has 0 amide bonds. The fraction of sp³-hybridized carbons (Fsp3) is 0.286. The SMILES string of the molecule is COc1ccc(OC)c(CNc2nc(=NC3CC3)n3ncc(=Cc4[nH]c(=O)[nH]c4O)c3n2)c1. The number of imidazole rings is 1. The van der Waals surface area contributed by atoms with E-state index in [9.17, 15) is 9.90 Å². The van der Waals surface area contributed by atoms with Crippen molar-refractivity contribution in [2.75, 3.05) is 19.5 Å². The zero-order valence-corrected chi connectivity index (χ0v) is 18.0. The van der Waals surface area contributed by atoms with Crippen molar-refractivity contribution in [2.24, 2.45) is 4.99 Å². The first-order valence-electron chi connectivity index (χ1n) is 10.3. The molecular formula is C21H22N8O4. The minimum absolute atomic E-state index is 0.219. The van der Waals surface area contributed by atoms with Crippen LogP contribution in [0, 0.1) is 0 Å². The average Bonchev–Trinajstić information content (AvgIpc) is 3.45. The number of hydrogen-bond donors (Lipinski definition) is 4. The van der Waals surface area contributed by atoms with Gasteiger partial charge in [0.2, 0.25) is 11.8 Å². The Hall–Kier alpha value is -4.35. The number of rotatable bonds is 7. The van der Waals surface area contributed by atoms with Crippen molar-refractivity contribution in [1.82, 2.24) is 29.5 Å². The number of aromatic hydroxyl groups is 1. The van der Waals surface area contributed by atoms with Crippen LogP contribution in [-0.4, -0.2) is 54.9 Å². The van der Waals surface area contributed by atoms with Crippen LogP contribution >= 0.6 is 0 Å². The normalized spacial score (nSPS) is 14.7. The van der Waals surface area contributed by atoms with E-state index in [1.165, 1.54) is 0 Å². The summed E-state index contributed by atoms with van der Waals surface area (Å²) in [4.78, 5) is 30.1. The van der Waals surface area contributed by atoms with Crippen LogP contribution < -0.4 is 31.3 Å². The largest absolute Gasteiger partial charge is 0.497 e. The number of anilines is 1. The van der Waals surface area contributed by atoms with Crippen LogP contribution in [-0.2, 0) is 6.54 Å². The Kier molecular flexibility index (Phi) is 5.17. The second-order valence-corrected chi connectivity index (χ2v) is 7.56. The molecule has 0 saturated heterocycles. The van der Waals surface area contributed by atoms with Crippen molar-refractivity contribution in [3.8, 4) is 17.4 Å². The van der Waals surface area contributed by atoms with E-state index in [0.29, 0.717) is 40.5 Å². The molecule has 12 nitrogen and oxygen atoms in total. The Bertz CT molecular complexity index is 1500. The van der Waals surface area contributed by atoms with Gasteiger partial charge in [-0.1, -0.05) is 0 Å². The van der Waals surface area contributed by atoms with Crippen LogP contribution in [0.5, 0.6) is 17.4 Å². The van der Waals surface area contributed by atoms with Gasteiger partial charge in [-0.2, -0.15) is 19.6 Å². The molecular weight excluding hydrogens is 428 g/mol. The summed E-state index contributed by atoms with van der Waals surface area (Å²) in [6.45, 7) is 0.387. The number of ether oxygens (including phenoxy) is 2. The summed E-state index contributed by atoms with van der Waals surface area (Å²) < 4.78 is 12.3. The highest BCUT2D eigenvalue weighted by atomic mass is 16.5. The van der Waals surface area contributed by atoms with Crippen molar-refractivity contribution >= 4 is 17.7 Å². The molecule has 33 heavy (non-hydrogen) atoms. The molecule has 1 aromatic carbocycles. The van der Waals surface area contributed by atoms with Gasteiger partial charge in [-0.05, 0) is 37.1 Å². The van der Waals surface area contributed by atoms with E-state index in [-0.39, 0.29) is 17.6 Å². The smallest absolute Gasteiger partial charge is 0.326 e. The molecule has 3 heterocycles. The van der Waals surface area contributed by atoms with Crippen LogP contribution in [0.2, 0.25) is 0 Å². The lowest BCUT2D eigenvalue weighted by Gasteiger charge is -2.11. The van der Waals surface area contributed by atoms with Crippen LogP contribution in [0.4, 0.5) is 5.95 Å². The molecule has 1 aliphatic carbocycles. The molecule has 5 rings (SSSR count). The van der Waals surface area contributed by atoms with Gasteiger partial charge in [0.15, 0.2) is 5.65 Å². The van der Waals surface area contributed by atoms with Gasteiger partial charge in [-0.25, -0.2) is 9.79 Å². The Morgan fingerprint density at radius 3 is 2.82 bits per heavy atom. The molecule has 3 aromatic heterocycles. The number of benzene rings is 1. The molecule has 0 spiro atoms. The molecule has 4 aromatic rings. The third kappa shape index (κ3) is 4.22. The minimum atomic E-state index is -0.510. The molecule has 1 fully saturated rings. The number of nitrogens with zero attached hydrogens (tertiary/aromatic N) is 5. The number of H-pyrrole nitrogens is 2. The summed E-state index contributed by atoms with van der Waals surface area (Å²) in [5.74, 6) is 1.51. The second kappa shape index (κ2) is 8.30. The fourth-order valence-electron chi connectivity index (χ4n) is 3.35. The fourth-order valence-corrected chi connectivity index (χ4v) is 3.35. The predicted octanol–water partition coefficient (Wildman–Crippen LogP) is 0.0864. The molecule has 4 N–H and O–H groups in total. The maximum absolute atomic E-state index is 11.5. The van der Waals surface area contributed by atoms with E-state index in [4.69, 9.17) is 9.47 Å². The molecule has 0 unspecified atom stereocenters. The van der Waals surface area contributed by atoms with Crippen LogP contribution in [0.25, 0.3) is 11.7 Å². The molecule has 0 bridgehead atoms. The van der Waals surface area contributed by atoms with Gasteiger partial charge in [-0.3, -0.25) is 4.98 Å². The lowest BCUT2D eigenvalue weighted by atomic mass is 10.2. The van der Waals surface area contributed by atoms with Crippen LogP contribution in [0.15, 0.2) is 34.2 Å². The first-order chi connectivity index (χ1) is 16.0. The highest BCUT2D eigenvalue weighted by molar-refractivity contribution is 5.57. The second-order valence-electron chi connectivity index (χ2n) is 7.56. The number of hydrogen-bond acceptors (Lipinski definition) is 9. The third-order valence-electron chi connectivity index (χ3n) is 5.18. The lowest BCUT2D eigenvalue weighted by Crippen LogP contribution is -2.24. The summed E-state index contributed by atoms with van der Waals surface area (Å²) in [6, 6.07) is 5.76. The number of nitrogens with one attached hydrogen (secondary N) is 3. The third-order valence-corrected chi connectivity index (χ3v) is 5.18. The summed E-state index contributed by atoms with van der Waals surface area (Å²) >= 11 is 0. The summed E-state index contributed by atoms with van der Waals surface area (Å²) in [5, 5.41) is 18.1. The molecule has 1 saturated carbocycles. The Balaban J connectivity index is 1.57. The number of aromatic amines is 2. The van der Waals surface area contributed by atoms with Gasteiger partial charge in [0.25, 0.3) is 5.62 Å². The number of aromatic nitrogens is 6. The molecule has 0 radical (unpaired) electrons. The molecule has 0 aliphatic heterocycles. The number of fused-ring (bicyclic) bond motifs is 1. The Labute approximate surface area is 186 Å². The minimum Gasteiger partial charge on any atom is -0.497 e. The first-order valence-corrected chi connectivity index (χ1v) is 10.3. The standard InChI is InChI=1S/C21H22N8O4/c1-32-14-5-6-16(33-2)11(7-14)9-22-19-26-17-12(8-15-18(30)27-21(31)25-15)10-23-29(17)20(28-19)24-13-3-4-13/h5-8,10,13,30H,3-4,9H2,1-2H3,(H,22,24,28)(H2,25,27,31). The Morgan fingerprint density at radius 2 is 2.12 bits per heavy atom. The van der Waals surface area contributed by atoms with Gasteiger partial charge < -0.3 is 24.9 Å². The summed E-state index contributed by atoms with van der Waals surface area (Å²) in [5.41, 5.74) is 1.49. The Morgan fingerprint density at radius 1 is 1.27 bits per heavy atom. The van der Waals surface area contributed by atoms with Crippen LogP contribution in [0.3, 0.4) is 0 Å². The van der Waals surface area contributed by atoms with E-state index < -0.39 is 5.69 Å². The van der Waals surface area contributed by atoms with E-state index in [0.717, 1.165) is 18.4 Å². The van der Waals surface area contributed by atoms with Gasteiger partial charge >= 0.3 is 5.69 Å². The van der Waals surface area contributed by atoms with Gasteiger partial charge in [0.05, 0.1) is 26.5 Å². The topological polar surface area (TPSA) is 155 Å². The van der Waals surface area contributed by atoms with Crippen molar-refractivity contribution in [3.63, 3.8) is 0 Å². The highest BCUT2D eigenvalue weighted by Crippen LogP contribution is 2.24. The number of methoxy groups -OCH3 is 2. The van der Waals surface area contributed by atoms with Gasteiger partial charge in [-0.15, -0.1) is 0 Å². The maximum Gasteiger partial charge on any atom is 0.326 e. The van der Waals surface area contributed by atoms with Crippen molar-refractivity contribution in [2.45, 2.75) is 25.4 Å². The summed E-state index contributed by atoms with van der Waals surface area (Å²) in [7, 11) is 3.21. The van der Waals surface area contributed by atoms with E-state index in [1.54, 1.807) is 31.0 Å². The quantitative estimate of drug-likeness (QED) is 0.309. The summed E-state index contributed by atoms with van der Waals surface area (Å²) in [6.07, 6.45) is 5.18. The van der Waals surface area contributed by atoms with E-state index in [1.807, 2.05) is 18.2 Å². The maximum atomic E-state index is 11.5. The van der Waals surface area contributed by atoms with Crippen molar-refractivity contribution in [1.29, 1.82) is 0 Å². The van der Waals surface area contributed by atoms with Crippen molar-refractivity contribution in [3.05, 3.63) is 57.0 Å². The zero-order chi connectivity index (χ0) is 22.9. The predicted molar refractivity (Wildman–Crippen MR) is 118 cm³/mol. The zero-order valence-electron chi connectivity index (χ0n) is 18.0. The van der Waals surface area contributed by atoms with Gasteiger partial charge in [0, 0.05) is 17.3 Å². The van der Waals surface area contributed by atoms with Crippen molar-refractivity contribution < 1.29 is 14.6 Å². The lowest BCUT2D eigenvalue weighted by molar-refractivity contribution is 0.399. The molecule has 1 aliphatic rings. The average molecular weight is 450 g/mol.